The Balaban J connectivity index is 2.19. The largest absolute Gasteiger partial charge is 0.466 e. The second kappa shape index (κ2) is 5.85. The molecule has 0 spiro atoms. The Morgan fingerprint density at radius 2 is 2.12 bits per heavy atom. The highest BCUT2D eigenvalue weighted by molar-refractivity contribution is 9.10. The van der Waals surface area contributed by atoms with Crippen LogP contribution in [0.1, 0.15) is 17.4 Å². The second-order valence-corrected chi connectivity index (χ2v) is 5.58. The first-order valence-corrected chi connectivity index (χ1v) is 6.94. The van der Waals surface area contributed by atoms with Crippen LogP contribution in [-0.4, -0.2) is 7.05 Å². The average Bonchev–Trinajstić information content (AvgIpc) is 2.72. The van der Waals surface area contributed by atoms with Crippen molar-refractivity contribution in [3.05, 3.63) is 56.9 Å². The van der Waals surface area contributed by atoms with E-state index in [1.165, 1.54) is 5.56 Å². The molecule has 2 rings (SSSR count). The molecule has 4 heteroatoms. The molecule has 0 aliphatic carbocycles. The molecule has 1 atom stereocenters. The minimum Gasteiger partial charge on any atom is -0.466 e. The van der Waals surface area contributed by atoms with Crippen molar-refractivity contribution in [2.24, 2.45) is 0 Å². The molecule has 0 saturated carbocycles. The Hall–Kier alpha value is -0.580. The number of halogens is 2. The van der Waals surface area contributed by atoms with Gasteiger partial charge in [0.15, 0.2) is 0 Å². The fraction of sp³-hybridized carbons (Fsp3) is 0.231. The molecule has 90 valence electrons. The maximum Gasteiger partial charge on any atom is 0.135 e. The van der Waals surface area contributed by atoms with Crippen molar-refractivity contribution in [2.45, 2.75) is 12.5 Å². The zero-order valence-corrected chi connectivity index (χ0v) is 12.6. The number of furan rings is 1. The molecule has 2 nitrogen and oxygen atoms in total. The third-order valence-electron chi connectivity index (χ3n) is 2.64. The first kappa shape index (κ1) is 12.9. The van der Waals surface area contributed by atoms with Gasteiger partial charge >= 0.3 is 0 Å². The van der Waals surface area contributed by atoms with E-state index in [2.05, 4.69) is 49.3 Å². The summed E-state index contributed by atoms with van der Waals surface area (Å²) < 4.78 is 7.61. The van der Waals surface area contributed by atoms with E-state index in [0.29, 0.717) is 0 Å². The molecule has 0 bridgehead atoms. The van der Waals surface area contributed by atoms with Gasteiger partial charge in [-0.3, -0.25) is 0 Å². The van der Waals surface area contributed by atoms with Gasteiger partial charge < -0.3 is 9.73 Å². The lowest BCUT2D eigenvalue weighted by Crippen LogP contribution is -2.18. The molecule has 1 unspecified atom stereocenters. The van der Waals surface area contributed by atoms with E-state index < -0.39 is 0 Å². The van der Waals surface area contributed by atoms with Gasteiger partial charge in [-0.05, 0) is 53.2 Å². The van der Waals surface area contributed by atoms with Crippen LogP contribution in [0.25, 0.3) is 0 Å². The molecule has 1 N–H and O–H groups in total. The SMILES string of the molecule is CNC(Cc1cccc(Br)c1)c1occc1Br. The van der Waals surface area contributed by atoms with Crippen LogP contribution in [0.2, 0.25) is 0 Å². The van der Waals surface area contributed by atoms with Gasteiger partial charge in [-0.15, -0.1) is 0 Å². The number of rotatable bonds is 4. The highest BCUT2D eigenvalue weighted by Gasteiger charge is 2.16. The maximum atomic E-state index is 5.50. The smallest absolute Gasteiger partial charge is 0.135 e. The molecule has 0 aliphatic heterocycles. The molecule has 2 aromatic rings. The maximum absolute atomic E-state index is 5.50. The predicted octanol–water partition coefficient (Wildman–Crippen LogP) is 4.31. The van der Waals surface area contributed by atoms with Gasteiger partial charge in [0, 0.05) is 4.47 Å². The molecule has 0 radical (unpaired) electrons. The fourth-order valence-corrected chi connectivity index (χ4v) is 2.70. The zero-order valence-electron chi connectivity index (χ0n) is 9.41. The van der Waals surface area contributed by atoms with Gasteiger partial charge in [-0.2, -0.15) is 0 Å². The summed E-state index contributed by atoms with van der Waals surface area (Å²) in [5.41, 5.74) is 1.27. The number of benzene rings is 1. The molecule has 0 fully saturated rings. The van der Waals surface area contributed by atoms with Crippen molar-refractivity contribution in [3.8, 4) is 0 Å². The molecule has 1 aromatic heterocycles. The van der Waals surface area contributed by atoms with Crippen molar-refractivity contribution in [2.75, 3.05) is 7.05 Å². The van der Waals surface area contributed by atoms with Crippen molar-refractivity contribution in [3.63, 3.8) is 0 Å². The monoisotopic (exact) mass is 357 g/mol. The number of hydrogen-bond acceptors (Lipinski definition) is 2. The number of likely N-dealkylation sites (N-methyl/N-ethyl adjacent to an activating group) is 1. The lowest BCUT2D eigenvalue weighted by molar-refractivity contribution is 0.427. The van der Waals surface area contributed by atoms with E-state index >= 15 is 0 Å². The van der Waals surface area contributed by atoms with Crippen LogP contribution in [0.4, 0.5) is 0 Å². The third kappa shape index (κ3) is 3.21. The normalized spacial score (nSPS) is 12.6. The summed E-state index contributed by atoms with van der Waals surface area (Å²) in [4.78, 5) is 0. The van der Waals surface area contributed by atoms with Crippen LogP contribution < -0.4 is 5.32 Å². The first-order valence-electron chi connectivity index (χ1n) is 5.35. The molecule has 1 heterocycles. The molecular weight excluding hydrogens is 346 g/mol. The molecule has 0 saturated heterocycles. The van der Waals surface area contributed by atoms with Gasteiger partial charge in [0.25, 0.3) is 0 Å². The average molecular weight is 359 g/mol. The van der Waals surface area contributed by atoms with Crippen LogP contribution in [0, 0.1) is 0 Å². The van der Waals surface area contributed by atoms with Crippen molar-refractivity contribution in [1.29, 1.82) is 0 Å². The minimum atomic E-state index is 0.175. The van der Waals surface area contributed by atoms with Crippen LogP contribution in [0.5, 0.6) is 0 Å². The highest BCUT2D eigenvalue weighted by Crippen LogP contribution is 2.27. The Kier molecular flexibility index (Phi) is 4.42. The molecule has 17 heavy (non-hydrogen) atoms. The summed E-state index contributed by atoms with van der Waals surface area (Å²) >= 11 is 6.98. The van der Waals surface area contributed by atoms with E-state index in [4.69, 9.17) is 4.42 Å². The first-order chi connectivity index (χ1) is 8.20. The summed E-state index contributed by atoms with van der Waals surface area (Å²) in [6, 6.07) is 10.4. The van der Waals surface area contributed by atoms with E-state index in [-0.39, 0.29) is 6.04 Å². The number of nitrogens with one attached hydrogen (secondary N) is 1. The van der Waals surface area contributed by atoms with E-state index in [1.54, 1.807) is 6.26 Å². The highest BCUT2D eigenvalue weighted by atomic mass is 79.9. The van der Waals surface area contributed by atoms with E-state index in [9.17, 15) is 0 Å². The van der Waals surface area contributed by atoms with Gasteiger partial charge in [0.2, 0.25) is 0 Å². The van der Waals surface area contributed by atoms with Gasteiger partial charge in [0.1, 0.15) is 5.76 Å². The van der Waals surface area contributed by atoms with E-state index in [1.807, 2.05) is 25.2 Å². The topological polar surface area (TPSA) is 25.2 Å². The van der Waals surface area contributed by atoms with Crippen LogP contribution >= 0.6 is 31.9 Å². The van der Waals surface area contributed by atoms with Crippen LogP contribution in [0.3, 0.4) is 0 Å². The van der Waals surface area contributed by atoms with Gasteiger partial charge in [0.05, 0.1) is 16.8 Å². The number of hydrogen-bond donors (Lipinski definition) is 1. The summed E-state index contributed by atoms with van der Waals surface area (Å²) in [6.07, 6.45) is 2.59. The molecule has 0 aliphatic rings. The van der Waals surface area contributed by atoms with Crippen molar-refractivity contribution >= 4 is 31.9 Å². The van der Waals surface area contributed by atoms with Crippen LogP contribution in [-0.2, 0) is 6.42 Å². The van der Waals surface area contributed by atoms with Gasteiger partial charge in [-0.1, -0.05) is 28.1 Å². The summed E-state index contributed by atoms with van der Waals surface area (Å²) in [6.45, 7) is 0. The zero-order chi connectivity index (χ0) is 12.3. The minimum absolute atomic E-state index is 0.175. The lowest BCUT2D eigenvalue weighted by Gasteiger charge is -2.14. The van der Waals surface area contributed by atoms with E-state index in [0.717, 1.165) is 21.1 Å². The predicted molar refractivity (Wildman–Crippen MR) is 76.1 cm³/mol. The summed E-state index contributed by atoms with van der Waals surface area (Å²) in [5, 5.41) is 3.27. The Labute approximate surface area is 118 Å². The Bertz CT molecular complexity index is 496. The summed E-state index contributed by atoms with van der Waals surface area (Å²) in [5.74, 6) is 0.937. The standard InChI is InChI=1S/C13H13Br2NO/c1-16-12(13-11(15)5-6-17-13)8-9-3-2-4-10(14)7-9/h2-7,12,16H,8H2,1H3. The van der Waals surface area contributed by atoms with Gasteiger partial charge in [-0.25, -0.2) is 0 Å². The lowest BCUT2D eigenvalue weighted by atomic mass is 10.0. The van der Waals surface area contributed by atoms with Crippen LogP contribution in [0.15, 0.2) is 50.0 Å². The quantitative estimate of drug-likeness (QED) is 0.880. The third-order valence-corrected chi connectivity index (χ3v) is 3.79. The Morgan fingerprint density at radius 3 is 2.71 bits per heavy atom. The fourth-order valence-electron chi connectivity index (χ4n) is 1.78. The molecule has 0 amide bonds. The Morgan fingerprint density at radius 1 is 1.29 bits per heavy atom. The molecule has 1 aromatic carbocycles. The van der Waals surface area contributed by atoms with Crippen molar-refractivity contribution in [1.82, 2.24) is 5.32 Å². The second-order valence-electron chi connectivity index (χ2n) is 3.81. The van der Waals surface area contributed by atoms with Crippen molar-refractivity contribution < 1.29 is 4.42 Å². The summed E-state index contributed by atoms with van der Waals surface area (Å²) in [7, 11) is 1.94. The molecular formula is C13H13Br2NO.